The maximum atomic E-state index is 2.44. The van der Waals surface area contributed by atoms with Crippen molar-refractivity contribution in [2.75, 3.05) is 0 Å². The van der Waals surface area contributed by atoms with E-state index in [0.29, 0.717) is 0 Å². The predicted molar refractivity (Wildman–Crippen MR) is 138 cm³/mol. The maximum absolute atomic E-state index is 2.44. The van der Waals surface area contributed by atoms with E-state index in [-0.39, 0.29) is 0 Å². The molecule has 0 atom stereocenters. The zero-order valence-corrected chi connectivity index (χ0v) is 20.9. The van der Waals surface area contributed by atoms with Crippen LogP contribution in [0.2, 0.25) is 0 Å². The van der Waals surface area contributed by atoms with Crippen molar-refractivity contribution in [2.45, 2.75) is 68.2 Å². The average Bonchev–Trinajstić information content (AvgIpc) is 3.37. The summed E-state index contributed by atoms with van der Waals surface area (Å²) in [4.78, 5) is 0. The second-order valence-electron chi connectivity index (χ2n) is 10.1. The van der Waals surface area contributed by atoms with Gasteiger partial charge in [-0.3, -0.25) is 0 Å². The van der Waals surface area contributed by atoms with Gasteiger partial charge in [-0.2, -0.15) is 0 Å². The van der Waals surface area contributed by atoms with Gasteiger partial charge in [0.25, 0.3) is 0 Å². The van der Waals surface area contributed by atoms with Gasteiger partial charge in [0, 0.05) is 0 Å². The lowest BCUT2D eigenvalue weighted by molar-refractivity contribution is 1.20. The SMILES string of the molecule is CC1=C2C=C3C=C(C=C4CC(=CC5=CC(=CC(=C1C)C2)C(C)=C5C)C(C)=C4C)C(C)=C3C. The average molecular weight is 419 g/mol. The van der Waals surface area contributed by atoms with E-state index in [4.69, 9.17) is 0 Å². The van der Waals surface area contributed by atoms with E-state index < -0.39 is 0 Å². The van der Waals surface area contributed by atoms with Gasteiger partial charge in [-0.25, -0.2) is 0 Å². The van der Waals surface area contributed by atoms with Crippen molar-refractivity contribution in [3.05, 3.63) is 126 Å². The van der Waals surface area contributed by atoms with Crippen LogP contribution in [0.15, 0.2) is 126 Å². The van der Waals surface area contributed by atoms with Crippen molar-refractivity contribution < 1.29 is 0 Å². The molecule has 0 aliphatic heterocycles. The van der Waals surface area contributed by atoms with Gasteiger partial charge in [0.2, 0.25) is 0 Å². The Morgan fingerprint density at radius 2 is 0.688 bits per heavy atom. The summed E-state index contributed by atoms with van der Waals surface area (Å²) in [7, 11) is 0. The zero-order chi connectivity index (χ0) is 22.9. The quantitative estimate of drug-likeness (QED) is 0.368. The summed E-state index contributed by atoms with van der Waals surface area (Å²) in [5, 5.41) is 0. The Morgan fingerprint density at radius 1 is 0.344 bits per heavy atom. The van der Waals surface area contributed by atoms with Crippen molar-refractivity contribution in [3.8, 4) is 0 Å². The Bertz CT molecular complexity index is 1230. The van der Waals surface area contributed by atoms with Crippen molar-refractivity contribution in [2.24, 2.45) is 0 Å². The summed E-state index contributed by atoms with van der Waals surface area (Å²) in [5.41, 5.74) is 22.8. The summed E-state index contributed by atoms with van der Waals surface area (Å²) < 4.78 is 0. The highest BCUT2D eigenvalue weighted by Crippen LogP contribution is 2.43. The Labute approximate surface area is 193 Å². The molecule has 0 saturated carbocycles. The van der Waals surface area contributed by atoms with Crippen LogP contribution in [0.1, 0.15) is 68.2 Å². The van der Waals surface area contributed by atoms with Crippen LogP contribution >= 0.6 is 0 Å². The van der Waals surface area contributed by atoms with Crippen molar-refractivity contribution in [3.63, 3.8) is 0 Å². The van der Waals surface area contributed by atoms with E-state index in [2.05, 4.69) is 91.8 Å². The molecule has 32 heavy (non-hydrogen) atoms. The Morgan fingerprint density at radius 3 is 1.06 bits per heavy atom. The second kappa shape index (κ2) is 7.34. The molecule has 5 aliphatic carbocycles. The van der Waals surface area contributed by atoms with Gasteiger partial charge in [0.1, 0.15) is 0 Å². The molecule has 8 bridgehead atoms. The molecule has 0 aromatic rings. The van der Waals surface area contributed by atoms with Crippen molar-refractivity contribution in [1.29, 1.82) is 0 Å². The van der Waals surface area contributed by atoms with E-state index in [1.54, 1.807) is 0 Å². The lowest BCUT2D eigenvalue weighted by Gasteiger charge is -2.05. The number of hydrogen-bond acceptors (Lipinski definition) is 0. The predicted octanol–water partition coefficient (Wildman–Crippen LogP) is 9.04. The van der Waals surface area contributed by atoms with Gasteiger partial charge in [-0.15, -0.1) is 0 Å². The van der Waals surface area contributed by atoms with E-state index in [1.807, 2.05) is 0 Å². The number of rotatable bonds is 0. The fraction of sp³-hybridized carbons (Fsp3) is 0.312. The van der Waals surface area contributed by atoms with Crippen LogP contribution < -0.4 is 0 Å². The van der Waals surface area contributed by atoms with Gasteiger partial charge in [-0.1, -0.05) is 24.3 Å². The van der Waals surface area contributed by atoms with Crippen LogP contribution in [0, 0.1) is 0 Å². The van der Waals surface area contributed by atoms with Crippen LogP contribution in [0.5, 0.6) is 0 Å². The highest BCUT2D eigenvalue weighted by atomic mass is 14.3. The van der Waals surface area contributed by atoms with E-state index >= 15 is 0 Å². The fourth-order valence-corrected chi connectivity index (χ4v) is 5.53. The summed E-state index contributed by atoms with van der Waals surface area (Å²) in [6.07, 6.45) is 16.6. The number of hydrogen-bond donors (Lipinski definition) is 0. The topological polar surface area (TPSA) is 0 Å². The maximum Gasteiger partial charge on any atom is -0.00199 e. The molecular formula is C32H34. The normalized spacial score (nSPS) is 23.2. The Kier molecular flexibility index (Phi) is 4.82. The van der Waals surface area contributed by atoms with Crippen LogP contribution in [-0.4, -0.2) is 0 Å². The number of fused-ring (bicyclic) bond motifs is 6. The smallest absolute Gasteiger partial charge is 0.00199 e. The van der Waals surface area contributed by atoms with Gasteiger partial charge in [0.05, 0.1) is 0 Å². The van der Waals surface area contributed by atoms with Crippen molar-refractivity contribution in [1.82, 2.24) is 0 Å². The Hall–Kier alpha value is -2.86. The fourth-order valence-electron chi connectivity index (χ4n) is 5.53. The minimum absolute atomic E-state index is 1.03. The van der Waals surface area contributed by atoms with Crippen LogP contribution in [0.4, 0.5) is 0 Å². The van der Waals surface area contributed by atoms with E-state index in [9.17, 15) is 0 Å². The van der Waals surface area contributed by atoms with Crippen LogP contribution in [0.3, 0.4) is 0 Å². The van der Waals surface area contributed by atoms with Gasteiger partial charge in [-0.05, 0) is 170 Å². The standard InChI is InChI=1S/C32H34/c1-17-18(2)26-9-25(17)13-27-10-29(20(4)19(27)3)15-31-12-32(24(8)23(31)7)16-30-11-28(14-26)21(5)22(30)6/h9,12-16H,10-11H2,1-8H3. The molecule has 5 rings (SSSR count). The molecule has 0 aromatic carbocycles. The molecular weight excluding hydrogens is 384 g/mol. The molecule has 5 aliphatic rings. The summed E-state index contributed by atoms with van der Waals surface area (Å²) >= 11 is 0. The van der Waals surface area contributed by atoms with E-state index in [1.165, 1.54) is 89.2 Å². The molecule has 0 fully saturated rings. The first-order valence-corrected chi connectivity index (χ1v) is 11.9. The minimum atomic E-state index is 1.03. The molecule has 0 aromatic heterocycles. The zero-order valence-electron chi connectivity index (χ0n) is 20.9. The lowest BCUT2D eigenvalue weighted by atomic mass is 10.00. The van der Waals surface area contributed by atoms with Crippen LogP contribution in [-0.2, 0) is 0 Å². The molecule has 0 unspecified atom stereocenters. The van der Waals surface area contributed by atoms with Gasteiger partial charge in [0.15, 0.2) is 0 Å². The molecule has 0 amide bonds. The van der Waals surface area contributed by atoms with Gasteiger partial charge < -0.3 is 0 Å². The first-order valence-electron chi connectivity index (χ1n) is 11.9. The summed E-state index contributed by atoms with van der Waals surface area (Å²) in [6, 6.07) is 0. The summed E-state index contributed by atoms with van der Waals surface area (Å²) in [6.45, 7) is 18.3. The molecule has 0 heterocycles. The first-order chi connectivity index (χ1) is 15.2. The van der Waals surface area contributed by atoms with Gasteiger partial charge >= 0.3 is 0 Å². The van der Waals surface area contributed by atoms with E-state index in [0.717, 1.165) is 12.8 Å². The molecule has 0 nitrogen and oxygen atoms in total. The van der Waals surface area contributed by atoms with Crippen molar-refractivity contribution >= 4 is 0 Å². The third-order valence-corrected chi connectivity index (χ3v) is 8.61. The molecule has 162 valence electrons. The molecule has 0 radical (unpaired) electrons. The highest BCUT2D eigenvalue weighted by Gasteiger charge is 2.24. The molecule has 0 spiro atoms. The monoisotopic (exact) mass is 418 g/mol. The molecule has 0 heteroatoms. The molecule has 0 saturated heterocycles. The van der Waals surface area contributed by atoms with Crippen LogP contribution in [0.25, 0.3) is 0 Å². The second-order valence-corrected chi connectivity index (χ2v) is 10.1. The lowest BCUT2D eigenvalue weighted by Crippen LogP contribution is -1.86. The third kappa shape index (κ3) is 3.12. The minimum Gasteiger partial charge on any atom is -0.0509 e. The largest absolute Gasteiger partial charge is 0.0509 e. The Balaban J connectivity index is 1.75. The third-order valence-electron chi connectivity index (χ3n) is 8.61. The summed E-state index contributed by atoms with van der Waals surface area (Å²) in [5.74, 6) is 0. The highest BCUT2D eigenvalue weighted by molar-refractivity contribution is 5.69. The molecule has 0 N–H and O–H groups in total. The first kappa shape index (κ1) is 21.0. The number of allylic oxidation sites excluding steroid dienone is 22.